The number of carbonyl (C=O) groups excluding carboxylic acids is 1. The first kappa shape index (κ1) is 12.6. The first-order chi connectivity index (χ1) is 9.15. The molecule has 4 heteroatoms. The summed E-state index contributed by atoms with van der Waals surface area (Å²) in [6.07, 6.45) is 2.50. The summed E-state index contributed by atoms with van der Waals surface area (Å²) in [5.41, 5.74) is -0.0271. The van der Waals surface area contributed by atoms with Crippen LogP contribution in [0.2, 0.25) is 0 Å². The van der Waals surface area contributed by atoms with Gasteiger partial charge in [-0.1, -0.05) is 18.2 Å². The van der Waals surface area contributed by atoms with Crippen LogP contribution in [0.1, 0.15) is 24.8 Å². The summed E-state index contributed by atoms with van der Waals surface area (Å²) in [6.45, 7) is 1.80. The van der Waals surface area contributed by atoms with Crippen molar-refractivity contribution in [2.45, 2.75) is 30.7 Å². The summed E-state index contributed by atoms with van der Waals surface area (Å²) in [7, 11) is 1.85. The van der Waals surface area contributed by atoms with Crippen LogP contribution in [-0.2, 0) is 10.2 Å². The van der Waals surface area contributed by atoms with E-state index >= 15 is 0 Å². The molecular weight excluding hydrogens is 243 g/mol. The largest absolute Gasteiger partial charge is 0.341 e. The molecule has 0 aromatic heterocycles. The average molecular weight is 262 g/mol. The molecule has 0 unspecified atom stereocenters. The van der Waals surface area contributed by atoms with Crippen LogP contribution in [-0.4, -0.2) is 37.0 Å². The molecular formula is C15H19FN2O. The van der Waals surface area contributed by atoms with Crippen LogP contribution in [0.15, 0.2) is 24.3 Å². The van der Waals surface area contributed by atoms with Crippen molar-refractivity contribution in [1.82, 2.24) is 10.2 Å². The number of hydrogen-bond acceptors (Lipinski definition) is 2. The van der Waals surface area contributed by atoms with Crippen molar-refractivity contribution < 1.29 is 9.18 Å². The number of rotatable bonds is 3. The van der Waals surface area contributed by atoms with Crippen LogP contribution in [0.3, 0.4) is 0 Å². The van der Waals surface area contributed by atoms with E-state index in [2.05, 4.69) is 5.32 Å². The molecule has 0 bridgehead atoms. The van der Waals surface area contributed by atoms with Gasteiger partial charge in [0.25, 0.3) is 0 Å². The lowest BCUT2D eigenvalue weighted by Gasteiger charge is -2.28. The molecule has 3 nitrogen and oxygen atoms in total. The number of amides is 1. The monoisotopic (exact) mass is 262 g/mol. The topological polar surface area (TPSA) is 32.3 Å². The Bertz CT molecular complexity index is 493. The molecule has 2 fully saturated rings. The number of benzene rings is 1. The highest BCUT2D eigenvalue weighted by Gasteiger charge is 2.54. The van der Waals surface area contributed by atoms with Gasteiger partial charge in [0.2, 0.25) is 5.91 Å². The lowest BCUT2D eigenvalue weighted by atomic mass is 9.93. The highest BCUT2D eigenvalue weighted by atomic mass is 19.1. The van der Waals surface area contributed by atoms with Gasteiger partial charge in [0.15, 0.2) is 0 Å². The molecule has 1 aromatic rings. The van der Waals surface area contributed by atoms with Crippen LogP contribution in [0.25, 0.3) is 0 Å². The van der Waals surface area contributed by atoms with Crippen molar-refractivity contribution in [3.63, 3.8) is 0 Å². The minimum Gasteiger partial charge on any atom is -0.341 e. The average Bonchev–Trinajstić information content (AvgIpc) is 3.04. The molecule has 1 saturated carbocycles. The van der Waals surface area contributed by atoms with Gasteiger partial charge in [-0.25, -0.2) is 4.39 Å². The molecule has 102 valence electrons. The molecule has 0 spiro atoms. The highest BCUT2D eigenvalue weighted by Crippen LogP contribution is 2.50. The third-order valence-electron chi connectivity index (χ3n) is 4.45. The smallest absolute Gasteiger partial charge is 0.233 e. The van der Waals surface area contributed by atoms with E-state index in [9.17, 15) is 9.18 Å². The highest BCUT2D eigenvalue weighted by molar-refractivity contribution is 5.91. The summed E-state index contributed by atoms with van der Waals surface area (Å²) < 4.78 is 13.9. The summed E-state index contributed by atoms with van der Waals surface area (Å²) in [6, 6.07) is 6.92. The first-order valence-corrected chi connectivity index (χ1v) is 6.88. The molecule has 19 heavy (non-hydrogen) atoms. The second-order valence-electron chi connectivity index (χ2n) is 5.62. The molecule has 2 aliphatic rings. The molecule has 1 aliphatic heterocycles. The minimum atomic E-state index is -0.595. The van der Waals surface area contributed by atoms with Crippen LogP contribution in [0, 0.1) is 5.82 Å². The van der Waals surface area contributed by atoms with Crippen LogP contribution in [0.5, 0.6) is 0 Å². The van der Waals surface area contributed by atoms with Crippen molar-refractivity contribution >= 4 is 5.91 Å². The normalized spacial score (nSPS) is 24.2. The van der Waals surface area contributed by atoms with Crippen molar-refractivity contribution in [2.75, 3.05) is 20.1 Å². The number of hydrogen-bond donors (Lipinski definition) is 1. The predicted molar refractivity (Wildman–Crippen MR) is 71.4 cm³/mol. The molecule has 3 rings (SSSR count). The minimum absolute atomic E-state index is 0.0753. The van der Waals surface area contributed by atoms with E-state index < -0.39 is 5.41 Å². The lowest BCUT2D eigenvalue weighted by molar-refractivity contribution is -0.134. The maximum atomic E-state index is 13.9. The Morgan fingerprint density at radius 2 is 2.16 bits per heavy atom. The van der Waals surface area contributed by atoms with Gasteiger partial charge in [-0.3, -0.25) is 4.79 Å². The number of nitrogens with zero attached hydrogens (tertiary/aromatic N) is 1. The van der Waals surface area contributed by atoms with Crippen molar-refractivity contribution in [3.8, 4) is 0 Å². The predicted octanol–water partition coefficient (Wildman–Crippen LogP) is 1.68. The first-order valence-electron chi connectivity index (χ1n) is 6.88. The van der Waals surface area contributed by atoms with Gasteiger partial charge in [0, 0.05) is 25.2 Å². The maximum absolute atomic E-state index is 13.9. The van der Waals surface area contributed by atoms with E-state index in [1.165, 1.54) is 6.07 Å². The third kappa shape index (κ3) is 2.04. The Kier molecular flexibility index (Phi) is 3.05. The fraction of sp³-hybridized carbons (Fsp3) is 0.533. The van der Waals surface area contributed by atoms with E-state index in [0.29, 0.717) is 5.56 Å². The number of nitrogens with one attached hydrogen (secondary N) is 1. The van der Waals surface area contributed by atoms with Gasteiger partial charge in [-0.15, -0.1) is 0 Å². The molecule has 1 heterocycles. The standard InChI is InChI=1S/C15H19FN2O/c1-18(11-6-9-17-10-11)14(19)15(7-8-15)12-4-2-3-5-13(12)16/h2-5,11,17H,6-10H2,1H3/t11-/m1/s1. The number of carbonyl (C=O) groups is 1. The van der Waals surface area contributed by atoms with E-state index in [-0.39, 0.29) is 17.8 Å². The summed E-state index contributed by atoms with van der Waals surface area (Å²) >= 11 is 0. The fourth-order valence-corrected chi connectivity index (χ4v) is 3.05. The zero-order chi connectivity index (χ0) is 13.5. The Labute approximate surface area is 112 Å². The van der Waals surface area contributed by atoms with Crippen LogP contribution in [0.4, 0.5) is 4.39 Å². The zero-order valence-corrected chi connectivity index (χ0v) is 11.2. The second-order valence-corrected chi connectivity index (χ2v) is 5.62. The van der Waals surface area contributed by atoms with Crippen molar-refractivity contribution in [2.24, 2.45) is 0 Å². The van der Waals surface area contributed by atoms with Gasteiger partial charge in [0.05, 0.1) is 5.41 Å². The summed E-state index contributed by atoms with van der Waals surface area (Å²) in [5, 5.41) is 3.26. The Hall–Kier alpha value is -1.42. The Morgan fingerprint density at radius 3 is 2.74 bits per heavy atom. The van der Waals surface area contributed by atoms with Crippen LogP contribution < -0.4 is 5.32 Å². The number of halogens is 1. The molecule has 1 atom stereocenters. The van der Waals surface area contributed by atoms with Gasteiger partial charge < -0.3 is 10.2 Å². The van der Waals surface area contributed by atoms with E-state index in [1.807, 2.05) is 18.0 Å². The SMILES string of the molecule is CN(C(=O)C1(c2ccccc2F)CC1)[C@@H]1CCNC1. The molecule has 1 N–H and O–H groups in total. The molecule has 1 aliphatic carbocycles. The van der Waals surface area contributed by atoms with E-state index in [4.69, 9.17) is 0 Å². The van der Waals surface area contributed by atoms with Crippen molar-refractivity contribution in [1.29, 1.82) is 0 Å². The molecule has 1 saturated heterocycles. The quantitative estimate of drug-likeness (QED) is 0.899. The van der Waals surface area contributed by atoms with Gasteiger partial charge >= 0.3 is 0 Å². The van der Waals surface area contributed by atoms with Crippen LogP contribution >= 0.6 is 0 Å². The zero-order valence-electron chi connectivity index (χ0n) is 11.2. The molecule has 0 radical (unpaired) electrons. The second kappa shape index (κ2) is 4.60. The third-order valence-corrected chi connectivity index (χ3v) is 4.45. The summed E-state index contributed by atoms with van der Waals surface area (Å²) in [4.78, 5) is 14.5. The van der Waals surface area contributed by atoms with E-state index in [1.54, 1.807) is 12.1 Å². The van der Waals surface area contributed by atoms with E-state index in [0.717, 1.165) is 32.4 Å². The molecule has 1 aromatic carbocycles. The van der Waals surface area contributed by atoms with Gasteiger partial charge in [-0.05, 0) is 31.9 Å². The number of likely N-dealkylation sites (N-methyl/N-ethyl adjacent to an activating group) is 1. The fourth-order valence-electron chi connectivity index (χ4n) is 3.05. The lowest BCUT2D eigenvalue weighted by Crippen LogP contribution is -2.44. The van der Waals surface area contributed by atoms with Crippen molar-refractivity contribution in [3.05, 3.63) is 35.6 Å². The maximum Gasteiger partial charge on any atom is 0.233 e. The van der Waals surface area contributed by atoms with Gasteiger partial charge in [0.1, 0.15) is 5.82 Å². The summed E-state index contributed by atoms with van der Waals surface area (Å²) in [5.74, 6) is -0.183. The van der Waals surface area contributed by atoms with Gasteiger partial charge in [-0.2, -0.15) is 0 Å². The Morgan fingerprint density at radius 1 is 1.42 bits per heavy atom. The Balaban J connectivity index is 1.84. The molecule has 1 amide bonds.